The number of halogens is 1. The van der Waals surface area contributed by atoms with Crippen LogP contribution < -0.4 is 16.2 Å². The Labute approximate surface area is 100 Å². The molecule has 0 amide bonds. The molecule has 4 atom stereocenters. The second kappa shape index (κ2) is 4.98. The minimum Gasteiger partial charge on any atom is -0.445 e. The Morgan fingerprint density at radius 3 is 3.06 bits per heavy atom. The van der Waals surface area contributed by atoms with Gasteiger partial charge in [0.15, 0.2) is 0 Å². The van der Waals surface area contributed by atoms with Crippen molar-refractivity contribution in [1.82, 2.24) is 9.97 Å². The number of nitrogens with zero attached hydrogens (tertiary/aromatic N) is 1. The van der Waals surface area contributed by atoms with E-state index >= 15 is 0 Å². The van der Waals surface area contributed by atoms with E-state index in [1.807, 2.05) is 4.98 Å². The molecule has 5 N–H and O–H groups in total. The molecule has 2 rings (SSSR count). The van der Waals surface area contributed by atoms with Gasteiger partial charge in [-0.05, 0) is 0 Å². The van der Waals surface area contributed by atoms with Crippen LogP contribution in [0.25, 0.3) is 0 Å². The van der Waals surface area contributed by atoms with Gasteiger partial charge in [-0.2, -0.15) is 9.37 Å². The van der Waals surface area contributed by atoms with Gasteiger partial charge in [-0.3, -0.25) is 4.98 Å². The summed E-state index contributed by atoms with van der Waals surface area (Å²) in [6.45, 7) is -0.212. The first-order valence-corrected chi connectivity index (χ1v) is 5.14. The Balaban J connectivity index is 2.14. The molecule has 9 heteroatoms. The minimum absolute atomic E-state index is 0.212. The van der Waals surface area contributed by atoms with Gasteiger partial charge in [-0.25, -0.2) is 4.79 Å². The van der Waals surface area contributed by atoms with Crippen molar-refractivity contribution in [2.75, 3.05) is 6.61 Å². The summed E-state index contributed by atoms with van der Waals surface area (Å²) in [5.74, 6) is -1.38. The summed E-state index contributed by atoms with van der Waals surface area (Å²) in [4.78, 5) is 16.1. The summed E-state index contributed by atoms with van der Waals surface area (Å²) in [6.07, 6.45) is -2.90. The van der Waals surface area contributed by atoms with Crippen LogP contribution in [-0.4, -0.2) is 51.3 Å². The molecule has 1 aliphatic rings. The molecule has 1 aliphatic heterocycles. The predicted molar refractivity (Wildman–Crippen MR) is 55.2 cm³/mol. The van der Waals surface area contributed by atoms with Crippen molar-refractivity contribution < 1.29 is 24.1 Å². The lowest BCUT2D eigenvalue weighted by Crippen LogP contribution is -2.59. The first-order chi connectivity index (χ1) is 8.49. The third-order valence-corrected chi connectivity index (χ3v) is 2.50. The summed E-state index contributed by atoms with van der Waals surface area (Å²) >= 11 is 0. The van der Waals surface area contributed by atoms with Crippen molar-refractivity contribution in [3.63, 3.8) is 0 Å². The number of rotatable bonds is 2. The molecular weight excluding hydrogens is 249 g/mol. The van der Waals surface area contributed by atoms with Gasteiger partial charge in [0, 0.05) is 0 Å². The Morgan fingerprint density at radius 1 is 1.61 bits per heavy atom. The van der Waals surface area contributed by atoms with Crippen LogP contribution in [0.15, 0.2) is 11.0 Å². The van der Waals surface area contributed by atoms with E-state index in [0.29, 0.717) is 6.20 Å². The third-order valence-electron chi connectivity index (χ3n) is 2.50. The van der Waals surface area contributed by atoms with Gasteiger partial charge in [0.05, 0.1) is 18.8 Å². The number of nitrogens with two attached hydrogens (primary N) is 1. The smallest absolute Gasteiger partial charge is 0.347 e. The number of aromatic nitrogens is 2. The lowest BCUT2D eigenvalue weighted by molar-refractivity contribution is -0.195. The van der Waals surface area contributed by atoms with Crippen LogP contribution in [0.1, 0.15) is 0 Å². The van der Waals surface area contributed by atoms with Gasteiger partial charge in [-0.1, -0.05) is 0 Å². The molecule has 1 saturated heterocycles. The Bertz CT molecular complexity index is 482. The zero-order valence-corrected chi connectivity index (χ0v) is 9.12. The lowest BCUT2D eigenvalue weighted by Gasteiger charge is -2.35. The van der Waals surface area contributed by atoms with Crippen molar-refractivity contribution in [3.8, 4) is 5.88 Å². The second-order valence-electron chi connectivity index (χ2n) is 3.82. The number of ether oxygens (including phenoxy) is 2. The highest BCUT2D eigenvalue weighted by Gasteiger charge is 2.38. The van der Waals surface area contributed by atoms with Crippen LogP contribution in [0.4, 0.5) is 4.39 Å². The largest absolute Gasteiger partial charge is 0.445 e. The van der Waals surface area contributed by atoms with Gasteiger partial charge in [-0.15, -0.1) is 0 Å². The fourth-order valence-electron chi connectivity index (χ4n) is 1.50. The average Bonchev–Trinajstić information content (AvgIpc) is 2.34. The third kappa shape index (κ3) is 2.48. The van der Waals surface area contributed by atoms with Gasteiger partial charge in [0.25, 0.3) is 0 Å². The molecule has 0 bridgehead atoms. The summed E-state index contributed by atoms with van der Waals surface area (Å²) in [5, 5.41) is 18.8. The summed E-state index contributed by atoms with van der Waals surface area (Å²) in [7, 11) is 0. The highest BCUT2D eigenvalue weighted by Crippen LogP contribution is 2.18. The minimum atomic E-state index is -1.26. The van der Waals surface area contributed by atoms with Gasteiger partial charge < -0.3 is 25.4 Å². The predicted octanol–water partition coefficient (Wildman–Crippen LogP) is -2.31. The summed E-state index contributed by atoms with van der Waals surface area (Å²) in [6, 6.07) is -1.08. The number of hydrogen-bond donors (Lipinski definition) is 4. The maximum atomic E-state index is 13.3. The van der Waals surface area contributed by atoms with E-state index in [0.717, 1.165) is 0 Å². The fraction of sp³-hybridized carbons (Fsp3) is 0.556. The number of nitrogens with one attached hydrogen (secondary N) is 1. The number of hydrogen-bond acceptors (Lipinski definition) is 7. The maximum absolute atomic E-state index is 13.3. The molecule has 8 nitrogen and oxygen atoms in total. The van der Waals surface area contributed by atoms with E-state index in [9.17, 15) is 19.4 Å². The molecule has 0 saturated carbocycles. The van der Waals surface area contributed by atoms with E-state index in [2.05, 4.69) is 4.98 Å². The van der Waals surface area contributed by atoms with Crippen LogP contribution in [-0.2, 0) is 4.74 Å². The van der Waals surface area contributed by atoms with Crippen molar-refractivity contribution in [2.45, 2.75) is 24.5 Å². The van der Waals surface area contributed by atoms with Crippen molar-refractivity contribution in [3.05, 3.63) is 22.5 Å². The van der Waals surface area contributed by atoms with E-state index in [1.54, 1.807) is 0 Å². The van der Waals surface area contributed by atoms with Gasteiger partial charge >= 0.3 is 5.69 Å². The molecule has 2 heterocycles. The molecule has 0 spiro atoms. The zero-order valence-electron chi connectivity index (χ0n) is 9.12. The Hall–Kier alpha value is -1.55. The van der Waals surface area contributed by atoms with E-state index in [4.69, 9.17) is 15.2 Å². The number of aliphatic hydroxyl groups is 2. The monoisotopic (exact) mass is 261 g/mol. The highest BCUT2D eigenvalue weighted by molar-refractivity contribution is 5.09. The summed E-state index contributed by atoms with van der Waals surface area (Å²) < 4.78 is 23.3. The zero-order chi connectivity index (χ0) is 13.3. The van der Waals surface area contributed by atoms with Crippen LogP contribution in [0, 0.1) is 5.82 Å². The lowest BCUT2D eigenvalue weighted by atomic mass is 10.0. The molecule has 0 unspecified atom stereocenters. The average molecular weight is 261 g/mol. The van der Waals surface area contributed by atoms with Crippen LogP contribution in [0.5, 0.6) is 5.88 Å². The molecule has 0 aromatic carbocycles. The summed E-state index contributed by atoms with van der Waals surface area (Å²) in [5.41, 5.74) is 4.76. The molecule has 0 radical (unpaired) electrons. The molecule has 18 heavy (non-hydrogen) atoms. The molecular formula is C9H12FN3O5. The van der Waals surface area contributed by atoms with Crippen molar-refractivity contribution in [2.24, 2.45) is 5.73 Å². The van der Waals surface area contributed by atoms with Crippen molar-refractivity contribution >= 4 is 0 Å². The van der Waals surface area contributed by atoms with E-state index in [-0.39, 0.29) is 6.61 Å². The quantitative estimate of drug-likeness (QED) is 0.470. The topological polar surface area (TPSA) is 131 Å². The first-order valence-electron chi connectivity index (χ1n) is 5.14. The Morgan fingerprint density at radius 2 is 2.33 bits per heavy atom. The highest BCUT2D eigenvalue weighted by atomic mass is 19.1. The maximum Gasteiger partial charge on any atom is 0.347 e. The van der Waals surface area contributed by atoms with E-state index in [1.165, 1.54) is 0 Å². The number of aliphatic hydroxyl groups excluding tert-OH is 2. The number of H-pyrrole nitrogens is 1. The molecule has 0 aliphatic carbocycles. The van der Waals surface area contributed by atoms with Gasteiger partial charge in [0.2, 0.25) is 18.0 Å². The second-order valence-corrected chi connectivity index (χ2v) is 3.82. The molecule has 1 aromatic rings. The molecule has 1 aromatic heterocycles. The van der Waals surface area contributed by atoms with Crippen LogP contribution >= 0.6 is 0 Å². The van der Waals surface area contributed by atoms with Crippen LogP contribution in [0.3, 0.4) is 0 Å². The van der Waals surface area contributed by atoms with E-state index < -0.39 is 41.9 Å². The van der Waals surface area contributed by atoms with Crippen molar-refractivity contribution in [1.29, 1.82) is 0 Å². The molecule has 1 fully saturated rings. The normalized spacial score (nSPS) is 32.2. The fourth-order valence-corrected chi connectivity index (χ4v) is 1.50. The van der Waals surface area contributed by atoms with Gasteiger partial charge in [0.1, 0.15) is 12.2 Å². The molecule has 100 valence electrons. The SMILES string of the molecule is N[C@H]1[C@H](Oc2[nH]c(=O)ncc2F)OC[C@@H](O)[C@@H]1O. The van der Waals surface area contributed by atoms with Crippen LogP contribution in [0.2, 0.25) is 0 Å². The Kier molecular flexibility index (Phi) is 3.57. The number of aromatic amines is 1. The first kappa shape index (κ1) is 12.9. The standard InChI is InChI=1S/C9H12FN3O5/c10-3-1-12-9(16)13-7(3)18-8-5(11)6(15)4(14)2-17-8/h1,4-6,8,14-15H,2,11H2,(H,12,13,16)/t4-,5-,6+,8+/m1/s1.